The maximum Gasteiger partial charge on any atom is 0.171 e. The molecule has 90 valence electrons. The lowest BCUT2D eigenvalue weighted by Gasteiger charge is -2.00. The fourth-order valence-electron chi connectivity index (χ4n) is 1.81. The van der Waals surface area contributed by atoms with E-state index in [1.165, 1.54) is 12.1 Å². The van der Waals surface area contributed by atoms with Crippen LogP contribution in [0.25, 0.3) is 22.2 Å². The highest BCUT2D eigenvalue weighted by molar-refractivity contribution is 6.33. The average molecular weight is 262 g/mol. The van der Waals surface area contributed by atoms with E-state index >= 15 is 0 Å². The highest BCUT2D eigenvalue weighted by Gasteiger charge is 2.15. The molecule has 1 aromatic heterocycles. The molecular formula is C13H8ClNO3. The highest BCUT2D eigenvalue weighted by atomic mass is 35.5. The first kappa shape index (κ1) is 10.9. The normalized spacial score (nSPS) is 10.9. The number of phenolic OH excluding ortho intramolecular Hbond substituents is 2. The van der Waals surface area contributed by atoms with Gasteiger partial charge in [-0.05, 0) is 12.1 Å². The maximum absolute atomic E-state index is 9.52. The van der Waals surface area contributed by atoms with E-state index in [0.29, 0.717) is 27.2 Å². The van der Waals surface area contributed by atoms with Crippen LogP contribution < -0.4 is 0 Å². The van der Waals surface area contributed by atoms with Crippen molar-refractivity contribution in [1.82, 2.24) is 5.16 Å². The van der Waals surface area contributed by atoms with Gasteiger partial charge in [-0.3, -0.25) is 0 Å². The predicted molar refractivity (Wildman–Crippen MR) is 67.8 cm³/mol. The second-order valence-electron chi connectivity index (χ2n) is 3.85. The number of nitrogens with zero attached hydrogens (tertiary/aromatic N) is 1. The Balaban J connectivity index is 2.31. The molecule has 0 bridgehead atoms. The molecule has 0 amide bonds. The Morgan fingerprint density at radius 1 is 1.06 bits per heavy atom. The minimum atomic E-state index is -0.246. The van der Waals surface area contributed by atoms with Crippen molar-refractivity contribution < 1.29 is 14.7 Å². The summed E-state index contributed by atoms with van der Waals surface area (Å²) < 4.78 is 5.11. The van der Waals surface area contributed by atoms with E-state index in [-0.39, 0.29) is 11.5 Å². The van der Waals surface area contributed by atoms with Crippen molar-refractivity contribution in [3.8, 4) is 22.8 Å². The minimum Gasteiger partial charge on any atom is -0.504 e. The van der Waals surface area contributed by atoms with Crippen LogP contribution in [0.1, 0.15) is 0 Å². The molecule has 0 aliphatic carbocycles. The third kappa shape index (κ3) is 1.58. The highest BCUT2D eigenvalue weighted by Crippen LogP contribution is 2.37. The molecule has 3 rings (SSSR count). The number of aromatic nitrogens is 1. The summed E-state index contributed by atoms with van der Waals surface area (Å²) in [4.78, 5) is 0. The van der Waals surface area contributed by atoms with Gasteiger partial charge >= 0.3 is 0 Å². The summed E-state index contributed by atoms with van der Waals surface area (Å²) in [7, 11) is 0. The first-order valence-corrected chi connectivity index (χ1v) is 5.61. The van der Waals surface area contributed by atoms with Gasteiger partial charge in [-0.1, -0.05) is 35.0 Å². The van der Waals surface area contributed by atoms with Gasteiger partial charge in [0.25, 0.3) is 0 Å². The van der Waals surface area contributed by atoms with Gasteiger partial charge in [0, 0.05) is 11.6 Å². The van der Waals surface area contributed by atoms with Gasteiger partial charge in [-0.2, -0.15) is 0 Å². The van der Waals surface area contributed by atoms with Crippen LogP contribution in [0.15, 0.2) is 40.9 Å². The summed E-state index contributed by atoms with van der Waals surface area (Å²) in [5, 5.41) is 24.0. The Bertz CT molecular complexity index is 736. The number of fused-ring (bicyclic) bond motifs is 1. The van der Waals surface area contributed by atoms with Crippen LogP contribution in [0, 0.1) is 0 Å². The van der Waals surface area contributed by atoms with Gasteiger partial charge in [-0.25, -0.2) is 0 Å². The number of benzene rings is 2. The quantitative estimate of drug-likeness (QED) is 0.657. The van der Waals surface area contributed by atoms with E-state index in [9.17, 15) is 10.2 Å². The number of aromatic hydroxyl groups is 2. The monoisotopic (exact) mass is 261 g/mol. The Morgan fingerprint density at radius 3 is 2.56 bits per heavy atom. The lowest BCUT2D eigenvalue weighted by Crippen LogP contribution is -1.79. The second-order valence-corrected chi connectivity index (χ2v) is 4.26. The summed E-state index contributed by atoms with van der Waals surface area (Å²) in [6, 6.07) is 9.93. The van der Waals surface area contributed by atoms with E-state index in [0.717, 1.165) is 0 Å². The van der Waals surface area contributed by atoms with E-state index in [1.807, 2.05) is 18.2 Å². The molecular weight excluding hydrogens is 254 g/mol. The molecule has 0 radical (unpaired) electrons. The number of hydrogen-bond acceptors (Lipinski definition) is 4. The van der Waals surface area contributed by atoms with Crippen molar-refractivity contribution in [3.63, 3.8) is 0 Å². The van der Waals surface area contributed by atoms with Gasteiger partial charge in [0.1, 0.15) is 5.69 Å². The van der Waals surface area contributed by atoms with E-state index in [4.69, 9.17) is 16.1 Å². The number of phenols is 2. The largest absolute Gasteiger partial charge is 0.504 e. The SMILES string of the molecule is Oc1cc2onc(-c3ccccc3Cl)c2cc1O. The first-order chi connectivity index (χ1) is 8.66. The molecule has 1 heterocycles. The van der Waals surface area contributed by atoms with Crippen molar-refractivity contribution in [2.24, 2.45) is 0 Å². The van der Waals surface area contributed by atoms with E-state index in [1.54, 1.807) is 6.07 Å². The molecule has 0 saturated carbocycles. The molecule has 0 unspecified atom stereocenters. The molecule has 3 aromatic rings. The molecule has 0 aliphatic heterocycles. The van der Waals surface area contributed by atoms with Gasteiger partial charge < -0.3 is 14.7 Å². The summed E-state index contributed by atoms with van der Waals surface area (Å²) in [6.45, 7) is 0. The van der Waals surface area contributed by atoms with Gasteiger partial charge in [0.05, 0.1) is 10.4 Å². The van der Waals surface area contributed by atoms with Crippen molar-refractivity contribution in [3.05, 3.63) is 41.4 Å². The number of rotatable bonds is 1. The smallest absolute Gasteiger partial charge is 0.171 e. The lowest BCUT2D eigenvalue weighted by molar-refractivity contribution is 0.402. The van der Waals surface area contributed by atoms with Gasteiger partial charge in [-0.15, -0.1) is 0 Å². The molecule has 0 saturated heterocycles. The van der Waals surface area contributed by atoms with E-state index in [2.05, 4.69) is 5.16 Å². The summed E-state index contributed by atoms with van der Waals surface area (Å²) in [6.07, 6.45) is 0. The van der Waals surface area contributed by atoms with Crippen LogP contribution in [-0.4, -0.2) is 15.4 Å². The molecule has 2 aromatic carbocycles. The Labute approximate surface area is 107 Å². The third-order valence-electron chi connectivity index (χ3n) is 2.70. The molecule has 0 spiro atoms. The van der Waals surface area contributed by atoms with Crippen LogP contribution in [0.2, 0.25) is 5.02 Å². The molecule has 5 heteroatoms. The summed E-state index contributed by atoms with van der Waals surface area (Å²) in [5.74, 6) is -0.469. The lowest BCUT2D eigenvalue weighted by atomic mass is 10.1. The third-order valence-corrected chi connectivity index (χ3v) is 3.03. The number of halogens is 1. The summed E-state index contributed by atoms with van der Waals surface area (Å²) >= 11 is 6.09. The average Bonchev–Trinajstić information content (AvgIpc) is 2.73. The van der Waals surface area contributed by atoms with Gasteiger partial charge in [0.2, 0.25) is 0 Å². The predicted octanol–water partition coefficient (Wildman–Crippen LogP) is 3.56. The summed E-state index contributed by atoms with van der Waals surface area (Å²) in [5.41, 5.74) is 1.63. The van der Waals surface area contributed by atoms with Crippen molar-refractivity contribution >= 4 is 22.6 Å². The topological polar surface area (TPSA) is 66.5 Å². The minimum absolute atomic E-state index is 0.223. The Hall–Kier alpha value is -2.20. The maximum atomic E-state index is 9.52. The standard InChI is InChI=1S/C13H8ClNO3/c14-9-4-2-1-3-7(9)13-8-5-10(16)11(17)6-12(8)18-15-13/h1-6,16-17H. The van der Waals surface area contributed by atoms with Crippen LogP contribution in [0.3, 0.4) is 0 Å². The molecule has 18 heavy (non-hydrogen) atoms. The Morgan fingerprint density at radius 2 is 1.78 bits per heavy atom. The molecule has 0 fully saturated rings. The van der Waals surface area contributed by atoms with Crippen molar-refractivity contribution in [2.45, 2.75) is 0 Å². The molecule has 0 aliphatic rings. The zero-order valence-electron chi connectivity index (χ0n) is 9.09. The molecule has 2 N–H and O–H groups in total. The fraction of sp³-hybridized carbons (Fsp3) is 0. The second kappa shape index (κ2) is 3.92. The molecule has 4 nitrogen and oxygen atoms in total. The zero-order chi connectivity index (χ0) is 12.7. The zero-order valence-corrected chi connectivity index (χ0v) is 9.85. The van der Waals surface area contributed by atoms with Crippen LogP contribution in [0.5, 0.6) is 11.5 Å². The van der Waals surface area contributed by atoms with Crippen molar-refractivity contribution in [1.29, 1.82) is 0 Å². The van der Waals surface area contributed by atoms with Crippen LogP contribution in [-0.2, 0) is 0 Å². The Kier molecular flexibility index (Phi) is 2.38. The van der Waals surface area contributed by atoms with Gasteiger partial charge in [0.15, 0.2) is 17.1 Å². The fourth-order valence-corrected chi connectivity index (χ4v) is 2.03. The van der Waals surface area contributed by atoms with E-state index < -0.39 is 0 Å². The van der Waals surface area contributed by atoms with Crippen molar-refractivity contribution in [2.75, 3.05) is 0 Å². The first-order valence-electron chi connectivity index (χ1n) is 5.23. The van der Waals surface area contributed by atoms with Crippen LogP contribution in [0.4, 0.5) is 0 Å². The number of hydrogen-bond donors (Lipinski definition) is 2. The van der Waals surface area contributed by atoms with Crippen LogP contribution >= 0.6 is 11.6 Å². The molecule has 0 atom stereocenters.